The molecule has 94 valence electrons. The topological polar surface area (TPSA) is 32.5 Å². The van der Waals surface area contributed by atoms with E-state index in [0.29, 0.717) is 6.04 Å². The summed E-state index contributed by atoms with van der Waals surface area (Å²) in [7, 11) is 4.34. The van der Waals surface area contributed by atoms with Crippen molar-refractivity contribution in [2.45, 2.75) is 25.9 Å². The number of nitrogens with two attached hydrogens (primary N) is 1. The summed E-state index contributed by atoms with van der Waals surface area (Å²) < 4.78 is 0. The fourth-order valence-corrected chi connectivity index (χ4v) is 2.47. The highest BCUT2D eigenvalue weighted by molar-refractivity contribution is 5.47. The van der Waals surface area contributed by atoms with E-state index in [0.717, 1.165) is 12.2 Å². The van der Waals surface area contributed by atoms with Crippen LogP contribution in [0.1, 0.15) is 17.5 Å². The van der Waals surface area contributed by atoms with Gasteiger partial charge in [0.05, 0.1) is 0 Å². The molecule has 1 aliphatic rings. The molecule has 1 heterocycles. The van der Waals surface area contributed by atoms with E-state index in [1.165, 1.54) is 30.6 Å². The van der Waals surface area contributed by atoms with E-state index in [4.69, 9.17) is 5.73 Å². The van der Waals surface area contributed by atoms with Crippen molar-refractivity contribution in [2.24, 2.45) is 0 Å². The number of likely N-dealkylation sites (N-methyl/N-ethyl adjacent to an activating group) is 1. The first kappa shape index (κ1) is 12.4. The molecule has 0 radical (unpaired) electrons. The smallest absolute Gasteiger partial charge is 0.0343 e. The molecule has 3 nitrogen and oxygen atoms in total. The molecule has 1 saturated heterocycles. The lowest BCUT2D eigenvalue weighted by Gasteiger charge is -2.20. The second-order valence-corrected chi connectivity index (χ2v) is 5.33. The molecule has 0 saturated carbocycles. The van der Waals surface area contributed by atoms with E-state index in [1.54, 1.807) is 0 Å². The number of rotatable bonds is 3. The molecule has 0 bridgehead atoms. The van der Waals surface area contributed by atoms with Crippen LogP contribution in [0.25, 0.3) is 0 Å². The van der Waals surface area contributed by atoms with E-state index in [9.17, 15) is 0 Å². The maximum atomic E-state index is 5.84. The van der Waals surface area contributed by atoms with E-state index >= 15 is 0 Å². The van der Waals surface area contributed by atoms with E-state index in [2.05, 4.69) is 43.0 Å². The summed E-state index contributed by atoms with van der Waals surface area (Å²) in [6.45, 7) is 5.50. The van der Waals surface area contributed by atoms with Gasteiger partial charge in [0.15, 0.2) is 0 Å². The zero-order chi connectivity index (χ0) is 12.4. The van der Waals surface area contributed by atoms with Crippen molar-refractivity contribution in [1.82, 2.24) is 9.80 Å². The van der Waals surface area contributed by atoms with Gasteiger partial charge in [0.25, 0.3) is 0 Å². The molecule has 2 rings (SSSR count). The Balaban J connectivity index is 1.96. The van der Waals surface area contributed by atoms with Gasteiger partial charge in [0.1, 0.15) is 0 Å². The van der Waals surface area contributed by atoms with Crippen molar-refractivity contribution in [3.05, 3.63) is 29.3 Å². The summed E-state index contributed by atoms with van der Waals surface area (Å²) in [5.41, 5.74) is 9.29. The molecule has 1 atom stereocenters. The zero-order valence-electron chi connectivity index (χ0n) is 11.1. The van der Waals surface area contributed by atoms with E-state index < -0.39 is 0 Å². The number of hydrogen-bond donors (Lipinski definition) is 1. The van der Waals surface area contributed by atoms with Gasteiger partial charge in [-0.2, -0.15) is 0 Å². The van der Waals surface area contributed by atoms with Crippen LogP contribution in [-0.4, -0.2) is 43.0 Å². The molecular weight excluding hydrogens is 210 g/mol. The van der Waals surface area contributed by atoms with Crippen molar-refractivity contribution in [3.63, 3.8) is 0 Å². The largest absolute Gasteiger partial charge is 0.399 e. The van der Waals surface area contributed by atoms with Crippen LogP contribution in [-0.2, 0) is 6.54 Å². The number of nitrogens with zero attached hydrogens (tertiary/aromatic N) is 2. The fourth-order valence-electron chi connectivity index (χ4n) is 2.47. The fraction of sp³-hybridized carbons (Fsp3) is 0.571. The Morgan fingerprint density at radius 2 is 2.18 bits per heavy atom. The lowest BCUT2D eigenvalue weighted by Crippen LogP contribution is -2.31. The maximum Gasteiger partial charge on any atom is 0.0343 e. The van der Waals surface area contributed by atoms with Gasteiger partial charge in [-0.15, -0.1) is 0 Å². The zero-order valence-corrected chi connectivity index (χ0v) is 11.1. The molecule has 17 heavy (non-hydrogen) atoms. The molecule has 0 amide bonds. The van der Waals surface area contributed by atoms with Crippen LogP contribution < -0.4 is 5.73 Å². The van der Waals surface area contributed by atoms with Crippen LogP contribution in [0.3, 0.4) is 0 Å². The molecule has 0 aliphatic carbocycles. The van der Waals surface area contributed by atoms with Gasteiger partial charge in [-0.1, -0.05) is 12.1 Å². The third-order valence-electron chi connectivity index (χ3n) is 3.72. The average Bonchev–Trinajstić information content (AvgIpc) is 2.72. The van der Waals surface area contributed by atoms with Crippen LogP contribution >= 0.6 is 0 Å². The molecular formula is C14H23N3. The van der Waals surface area contributed by atoms with Gasteiger partial charge in [-0.3, -0.25) is 4.90 Å². The summed E-state index contributed by atoms with van der Waals surface area (Å²) in [4.78, 5) is 4.85. The SMILES string of the molecule is Cc1cc(CN2CCC(N(C)C)C2)ccc1N. The first-order chi connectivity index (χ1) is 8.06. The standard InChI is InChI=1S/C14H23N3/c1-11-8-12(4-5-14(11)15)9-17-7-6-13(10-17)16(2)3/h4-5,8,13H,6-7,9-10,15H2,1-3H3. The van der Waals surface area contributed by atoms with Gasteiger partial charge in [-0.25, -0.2) is 0 Å². The Labute approximate surface area is 104 Å². The number of aryl methyl sites for hydroxylation is 1. The monoisotopic (exact) mass is 233 g/mol. The Bertz CT molecular complexity index is 387. The number of hydrogen-bond acceptors (Lipinski definition) is 3. The second-order valence-electron chi connectivity index (χ2n) is 5.33. The lowest BCUT2D eigenvalue weighted by atomic mass is 10.1. The summed E-state index contributed by atoms with van der Waals surface area (Å²) in [5, 5.41) is 0. The molecule has 1 aromatic carbocycles. The number of nitrogen functional groups attached to an aromatic ring is 1. The third kappa shape index (κ3) is 2.99. The Morgan fingerprint density at radius 1 is 1.41 bits per heavy atom. The van der Waals surface area contributed by atoms with Crippen LogP contribution in [0.4, 0.5) is 5.69 Å². The van der Waals surface area contributed by atoms with Gasteiger partial charge in [0.2, 0.25) is 0 Å². The lowest BCUT2D eigenvalue weighted by molar-refractivity contribution is 0.264. The minimum atomic E-state index is 0.713. The van der Waals surface area contributed by atoms with E-state index in [-0.39, 0.29) is 0 Å². The predicted octanol–water partition coefficient (Wildman–Crippen LogP) is 1.71. The first-order valence-corrected chi connectivity index (χ1v) is 6.30. The number of benzene rings is 1. The Kier molecular flexibility index (Phi) is 3.69. The molecule has 1 unspecified atom stereocenters. The Hall–Kier alpha value is -1.06. The van der Waals surface area contributed by atoms with Crippen molar-refractivity contribution >= 4 is 5.69 Å². The van der Waals surface area contributed by atoms with Gasteiger partial charge in [0, 0.05) is 31.4 Å². The van der Waals surface area contributed by atoms with Crippen molar-refractivity contribution < 1.29 is 0 Å². The second kappa shape index (κ2) is 5.07. The van der Waals surface area contributed by atoms with Gasteiger partial charge in [-0.05, 0) is 44.6 Å². The molecule has 1 fully saturated rings. The minimum absolute atomic E-state index is 0.713. The van der Waals surface area contributed by atoms with Crippen molar-refractivity contribution in [3.8, 4) is 0 Å². The quantitative estimate of drug-likeness (QED) is 0.807. The molecule has 0 spiro atoms. The van der Waals surface area contributed by atoms with Crippen LogP contribution in [0.2, 0.25) is 0 Å². The molecule has 2 N–H and O–H groups in total. The number of anilines is 1. The maximum absolute atomic E-state index is 5.84. The molecule has 3 heteroatoms. The summed E-state index contributed by atoms with van der Waals surface area (Å²) >= 11 is 0. The van der Waals surface area contributed by atoms with E-state index in [1.807, 2.05) is 6.07 Å². The third-order valence-corrected chi connectivity index (χ3v) is 3.72. The molecule has 0 aromatic heterocycles. The highest BCUT2D eigenvalue weighted by Crippen LogP contribution is 2.18. The molecule has 1 aliphatic heterocycles. The Morgan fingerprint density at radius 3 is 2.76 bits per heavy atom. The predicted molar refractivity (Wildman–Crippen MR) is 73.0 cm³/mol. The molecule has 1 aromatic rings. The van der Waals surface area contributed by atoms with Crippen LogP contribution in [0.15, 0.2) is 18.2 Å². The van der Waals surface area contributed by atoms with Crippen molar-refractivity contribution in [2.75, 3.05) is 32.9 Å². The highest BCUT2D eigenvalue weighted by atomic mass is 15.2. The first-order valence-electron chi connectivity index (χ1n) is 6.30. The van der Waals surface area contributed by atoms with Crippen molar-refractivity contribution in [1.29, 1.82) is 0 Å². The highest BCUT2D eigenvalue weighted by Gasteiger charge is 2.23. The van der Waals surface area contributed by atoms with Gasteiger partial charge < -0.3 is 10.6 Å². The summed E-state index contributed by atoms with van der Waals surface area (Å²) in [6.07, 6.45) is 1.28. The summed E-state index contributed by atoms with van der Waals surface area (Å²) in [5.74, 6) is 0. The van der Waals surface area contributed by atoms with Crippen LogP contribution in [0, 0.1) is 6.92 Å². The average molecular weight is 233 g/mol. The van der Waals surface area contributed by atoms with Crippen LogP contribution in [0.5, 0.6) is 0 Å². The van der Waals surface area contributed by atoms with Gasteiger partial charge >= 0.3 is 0 Å². The normalized spacial score (nSPS) is 21.3. The summed E-state index contributed by atoms with van der Waals surface area (Å²) in [6, 6.07) is 7.08. The minimum Gasteiger partial charge on any atom is -0.399 e. The number of likely N-dealkylation sites (tertiary alicyclic amines) is 1.